The van der Waals surface area contributed by atoms with Gasteiger partial charge in [0.15, 0.2) is 0 Å². The normalized spacial score (nSPS) is 13.9. The Bertz CT molecular complexity index is 567. The number of benzene rings is 1. The Morgan fingerprint density at radius 3 is 3.00 bits per heavy atom. The second-order valence-corrected chi connectivity index (χ2v) is 4.34. The van der Waals surface area contributed by atoms with Crippen LogP contribution in [0.1, 0.15) is 5.56 Å². The lowest BCUT2D eigenvalue weighted by Crippen LogP contribution is -2.38. The highest BCUT2D eigenvalue weighted by Gasteiger charge is 2.25. The number of imide groups is 1. The topological polar surface area (TPSA) is 85.2 Å². The van der Waals surface area contributed by atoms with E-state index in [1.54, 1.807) is 18.2 Å². The number of carbonyl (C=O) groups excluding carboxylic acids is 2. The number of anilines is 1. The minimum atomic E-state index is -0.374. The number of nitrogens with zero attached hydrogens (tertiary/aromatic N) is 2. The van der Waals surface area contributed by atoms with Crippen molar-refractivity contribution in [3.05, 3.63) is 28.8 Å². The van der Waals surface area contributed by atoms with Crippen LogP contribution in [0.5, 0.6) is 0 Å². The highest BCUT2D eigenvalue weighted by Crippen LogP contribution is 2.19. The number of rotatable bonds is 3. The van der Waals surface area contributed by atoms with Crippen LogP contribution in [0, 0.1) is 11.3 Å². The van der Waals surface area contributed by atoms with Gasteiger partial charge in [0, 0.05) is 18.8 Å². The summed E-state index contributed by atoms with van der Waals surface area (Å²) in [7, 11) is 0. The van der Waals surface area contributed by atoms with Crippen molar-refractivity contribution in [1.82, 2.24) is 10.2 Å². The monoisotopic (exact) mass is 278 g/mol. The van der Waals surface area contributed by atoms with Crippen LogP contribution in [0.15, 0.2) is 18.2 Å². The fraction of sp³-hybridized carbons (Fsp3) is 0.250. The van der Waals surface area contributed by atoms with E-state index in [0.717, 1.165) is 4.90 Å². The summed E-state index contributed by atoms with van der Waals surface area (Å²) in [5.41, 5.74) is 0.937. The molecule has 0 atom stereocenters. The van der Waals surface area contributed by atoms with Crippen molar-refractivity contribution < 1.29 is 9.59 Å². The Morgan fingerprint density at radius 2 is 2.37 bits per heavy atom. The van der Waals surface area contributed by atoms with Gasteiger partial charge < -0.3 is 10.6 Å². The SMILES string of the molecule is N#Cc1cc(NCC(=O)N2CCNC2=O)ccc1Cl. The Balaban J connectivity index is 1.97. The highest BCUT2D eigenvalue weighted by atomic mass is 35.5. The van der Waals surface area contributed by atoms with Gasteiger partial charge in [0.2, 0.25) is 5.91 Å². The van der Waals surface area contributed by atoms with E-state index in [1.165, 1.54) is 0 Å². The first kappa shape index (κ1) is 13.2. The fourth-order valence-corrected chi connectivity index (χ4v) is 1.86. The van der Waals surface area contributed by atoms with E-state index >= 15 is 0 Å². The van der Waals surface area contributed by atoms with E-state index in [0.29, 0.717) is 29.4 Å². The summed E-state index contributed by atoms with van der Waals surface area (Å²) >= 11 is 5.80. The van der Waals surface area contributed by atoms with Gasteiger partial charge in [-0.3, -0.25) is 9.69 Å². The van der Waals surface area contributed by atoms with E-state index in [-0.39, 0.29) is 18.5 Å². The van der Waals surface area contributed by atoms with Crippen molar-refractivity contribution in [2.24, 2.45) is 0 Å². The molecule has 1 aromatic rings. The number of hydrogen-bond donors (Lipinski definition) is 2. The van der Waals surface area contributed by atoms with Crippen LogP contribution in [0.2, 0.25) is 5.02 Å². The summed E-state index contributed by atoms with van der Waals surface area (Å²) in [5.74, 6) is -0.316. The van der Waals surface area contributed by atoms with Crippen molar-refractivity contribution in [2.75, 3.05) is 25.0 Å². The molecule has 1 aliphatic rings. The molecule has 0 aliphatic carbocycles. The fourth-order valence-electron chi connectivity index (χ4n) is 1.70. The zero-order chi connectivity index (χ0) is 13.8. The zero-order valence-electron chi connectivity index (χ0n) is 9.94. The summed E-state index contributed by atoms with van der Waals surface area (Å²) in [4.78, 5) is 24.2. The quantitative estimate of drug-likeness (QED) is 0.869. The van der Waals surface area contributed by atoms with Crippen molar-refractivity contribution in [2.45, 2.75) is 0 Å². The van der Waals surface area contributed by atoms with E-state index in [1.807, 2.05) is 6.07 Å². The Labute approximate surface area is 114 Å². The van der Waals surface area contributed by atoms with E-state index < -0.39 is 0 Å². The molecular formula is C12H11ClN4O2. The predicted octanol–water partition coefficient (Wildman–Crippen LogP) is 1.18. The molecule has 6 nitrogen and oxygen atoms in total. The molecule has 1 heterocycles. The minimum Gasteiger partial charge on any atom is -0.376 e. The molecule has 2 N–H and O–H groups in total. The molecule has 0 saturated carbocycles. The number of halogens is 1. The molecule has 7 heteroatoms. The van der Waals surface area contributed by atoms with Crippen LogP contribution in [0.25, 0.3) is 0 Å². The summed E-state index contributed by atoms with van der Waals surface area (Å²) in [6.07, 6.45) is 0. The zero-order valence-corrected chi connectivity index (χ0v) is 10.7. The molecule has 0 unspecified atom stereocenters. The molecule has 3 amide bonds. The van der Waals surface area contributed by atoms with Gasteiger partial charge >= 0.3 is 6.03 Å². The second-order valence-electron chi connectivity index (χ2n) is 3.94. The van der Waals surface area contributed by atoms with Crippen LogP contribution in [-0.2, 0) is 4.79 Å². The van der Waals surface area contributed by atoms with Gasteiger partial charge in [0.1, 0.15) is 6.07 Å². The van der Waals surface area contributed by atoms with Crippen molar-refractivity contribution in [1.29, 1.82) is 5.26 Å². The number of urea groups is 1. The number of nitrogens with one attached hydrogen (secondary N) is 2. The maximum absolute atomic E-state index is 11.8. The molecule has 1 aromatic carbocycles. The lowest BCUT2D eigenvalue weighted by Gasteiger charge is -2.13. The van der Waals surface area contributed by atoms with Gasteiger partial charge in [-0.15, -0.1) is 0 Å². The van der Waals surface area contributed by atoms with Gasteiger partial charge in [-0.2, -0.15) is 5.26 Å². The van der Waals surface area contributed by atoms with Gasteiger partial charge in [-0.05, 0) is 18.2 Å². The Hall–Kier alpha value is -2.26. The van der Waals surface area contributed by atoms with Gasteiger partial charge in [-0.25, -0.2) is 4.79 Å². The first-order chi connectivity index (χ1) is 9.11. The molecule has 1 saturated heterocycles. The van der Waals surface area contributed by atoms with E-state index in [9.17, 15) is 9.59 Å². The molecule has 1 fully saturated rings. The molecule has 0 spiro atoms. The average Bonchev–Trinajstić information content (AvgIpc) is 2.83. The highest BCUT2D eigenvalue weighted by molar-refractivity contribution is 6.31. The molecule has 98 valence electrons. The summed E-state index contributed by atoms with van der Waals surface area (Å²) in [5, 5.41) is 14.6. The first-order valence-electron chi connectivity index (χ1n) is 5.63. The van der Waals surface area contributed by atoms with Gasteiger partial charge in [-0.1, -0.05) is 11.6 Å². The molecule has 0 radical (unpaired) electrons. The molecule has 19 heavy (non-hydrogen) atoms. The average molecular weight is 279 g/mol. The van der Waals surface area contributed by atoms with Crippen molar-refractivity contribution >= 4 is 29.2 Å². The Morgan fingerprint density at radius 1 is 1.58 bits per heavy atom. The first-order valence-corrected chi connectivity index (χ1v) is 6.01. The Kier molecular flexibility index (Phi) is 3.88. The molecule has 2 rings (SSSR count). The third-order valence-electron chi connectivity index (χ3n) is 2.69. The third kappa shape index (κ3) is 2.95. The summed E-state index contributed by atoms with van der Waals surface area (Å²) < 4.78 is 0. The van der Waals surface area contributed by atoms with Crippen LogP contribution in [0.3, 0.4) is 0 Å². The second kappa shape index (κ2) is 5.59. The molecule has 0 bridgehead atoms. The minimum absolute atomic E-state index is 0.0140. The van der Waals surface area contributed by atoms with Gasteiger partial charge in [0.25, 0.3) is 0 Å². The number of hydrogen-bond acceptors (Lipinski definition) is 4. The smallest absolute Gasteiger partial charge is 0.324 e. The lowest BCUT2D eigenvalue weighted by atomic mass is 10.2. The maximum atomic E-state index is 11.8. The van der Waals surface area contributed by atoms with E-state index in [4.69, 9.17) is 16.9 Å². The third-order valence-corrected chi connectivity index (χ3v) is 3.02. The molecule has 0 aromatic heterocycles. The van der Waals surface area contributed by atoms with Crippen molar-refractivity contribution in [3.8, 4) is 6.07 Å². The molecule has 1 aliphatic heterocycles. The summed E-state index contributed by atoms with van der Waals surface area (Å²) in [6, 6.07) is 6.38. The summed E-state index contributed by atoms with van der Waals surface area (Å²) in [6.45, 7) is 0.841. The van der Waals surface area contributed by atoms with Crippen LogP contribution < -0.4 is 10.6 Å². The van der Waals surface area contributed by atoms with E-state index in [2.05, 4.69) is 10.6 Å². The lowest BCUT2D eigenvalue weighted by molar-refractivity contribution is -0.125. The largest absolute Gasteiger partial charge is 0.376 e. The number of nitriles is 1. The van der Waals surface area contributed by atoms with Gasteiger partial charge in [0.05, 0.1) is 17.1 Å². The van der Waals surface area contributed by atoms with Crippen LogP contribution >= 0.6 is 11.6 Å². The maximum Gasteiger partial charge on any atom is 0.324 e. The number of carbonyl (C=O) groups is 2. The van der Waals surface area contributed by atoms with Crippen molar-refractivity contribution in [3.63, 3.8) is 0 Å². The van der Waals surface area contributed by atoms with Crippen LogP contribution in [0.4, 0.5) is 10.5 Å². The predicted molar refractivity (Wildman–Crippen MR) is 69.8 cm³/mol. The standard InChI is InChI=1S/C12H11ClN4O2/c13-10-2-1-9(5-8(10)6-14)16-7-11(18)17-4-3-15-12(17)19/h1-2,5,16H,3-4,7H2,(H,15,19). The molecular weight excluding hydrogens is 268 g/mol. The number of amides is 3. The van der Waals surface area contributed by atoms with Crippen LogP contribution in [-0.4, -0.2) is 36.5 Å².